The lowest BCUT2D eigenvalue weighted by molar-refractivity contribution is -0.138. The molecule has 86 valence electrons. The second kappa shape index (κ2) is 12.4. The molecule has 0 saturated heterocycles. The highest BCUT2D eigenvalue weighted by molar-refractivity contribution is 5.81. The second-order valence-electron chi connectivity index (χ2n) is 2.33. The Morgan fingerprint density at radius 2 is 1.53 bits per heavy atom. The summed E-state index contributed by atoms with van der Waals surface area (Å²) in [4.78, 5) is 20.3. The van der Waals surface area contributed by atoms with Crippen LogP contribution in [0.15, 0.2) is 25.3 Å². The van der Waals surface area contributed by atoms with E-state index >= 15 is 0 Å². The summed E-state index contributed by atoms with van der Waals surface area (Å²) >= 11 is 0. The molecule has 0 aliphatic heterocycles. The van der Waals surface area contributed by atoms with Gasteiger partial charge in [0.15, 0.2) is 0 Å². The minimum atomic E-state index is -0.359. The smallest absolute Gasteiger partial charge is 0.330 e. The van der Waals surface area contributed by atoms with E-state index in [1.165, 1.54) is 0 Å². The molecule has 0 N–H and O–H groups in total. The summed E-state index contributed by atoms with van der Waals surface area (Å²) in [6, 6.07) is 0. The maximum Gasteiger partial charge on any atom is 0.330 e. The summed E-state index contributed by atoms with van der Waals surface area (Å²) < 4.78 is 9.02. The minimum Gasteiger partial charge on any atom is -0.463 e. The maximum absolute atomic E-state index is 10.2. The van der Waals surface area contributed by atoms with Crippen LogP contribution in [0.5, 0.6) is 0 Å². The molecular weight excluding hydrogens is 196 g/mol. The molecule has 0 heterocycles. The van der Waals surface area contributed by atoms with Crippen LogP contribution in [-0.4, -0.2) is 25.2 Å². The first-order valence-electron chi connectivity index (χ1n) is 4.70. The molecule has 4 nitrogen and oxygen atoms in total. The molecule has 0 aromatic heterocycles. The van der Waals surface area contributed by atoms with Gasteiger partial charge in [-0.05, 0) is 13.3 Å². The van der Waals surface area contributed by atoms with Gasteiger partial charge in [0.25, 0.3) is 0 Å². The van der Waals surface area contributed by atoms with Crippen LogP contribution in [-0.2, 0) is 19.1 Å². The fourth-order valence-corrected chi connectivity index (χ4v) is 0.463. The zero-order valence-corrected chi connectivity index (χ0v) is 9.32. The second-order valence-corrected chi connectivity index (χ2v) is 2.33. The average Bonchev–Trinajstić information content (AvgIpc) is 2.26. The highest BCUT2D eigenvalue weighted by Crippen LogP contribution is 1.81. The fourth-order valence-electron chi connectivity index (χ4n) is 0.463. The van der Waals surface area contributed by atoms with Gasteiger partial charge < -0.3 is 9.47 Å². The lowest BCUT2D eigenvalue weighted by Gasteiger charge is -1.94. The first kappa shape index (κ1) is 15.9. The molecule has 4 heteroatoms. The van der Waals surface area contributed by atoms with Crippen molar-refractivity contribution in [2.45, 2.75) is 20.3 Å². The predicted octanol–water partition coefficient (Wildman–Crippen LogP) is 1.86. The minimum absolute atomic E-state index is 0.341. The Kier molecular flexibility index (Phi) is 13.1. The molecule has 15 heavy (non-hydrogen) atoms. The van der Waals surface area contributed by atoms with E-state index in [0.29, 0.717) is 13.2 Å². The number of carbonyl (C=O) groups is 2. The van der Waals surface area contributed by atoms with Gasteiger partial charge in [-0.1, -0.05) is 20.1 Å². The van der Waals surface area contributed by atoms with E-state index in [9.17, 15) is 9.59 Å². The molecular formula is C11H18O4. The molecule has 0 radical (unpaired) electrons. The van der Waals surface area contributed by atoms with E-state index in [2.05, 4.69) is 22.6 Å². The first-order valence-corrected chi connectivity index (χ1v) is 4.70. The molecule has 0 aromatic carbocycles. The Morgan fingerprint density at radius 1 is 1.07 bits per heavy atom. The predicted molar refractivity (Wildman–Crippen MR) is 58.3 cm³/mol. The van der Waals surface area contributed by atoms with E-state index in [0.717, 1.165) is 18.6 Å². The monoisotopic (exact) mass is 214 g/mol. The highest BCUT2D eigenvalue weighted by atomic mass is 16.5. The zero-order chi connectivity index (χ0) is 12.1. The number of esters is 2. The Balaban J connectivity index is 0. The van der Waals surface area contributed by atoms with Crippen molar-refractivity contribution in [3.63, 3.8) is 0 Å². The highest BCUT2D eigenvalue weighted by Gasteiger charge is 1.89. The van der Waals surface area contributed by atoms with Crippen LogP contribution >= 0.6 is 0 Å². The van der Waals surface area contributed by atoms with Gasteiger partial charge in [-0.15, -0.1) is 0 Å². The Hall–Kier alpha value is -1.58. The molecule has 0 aliphatic rings. The van der Waals surface area contributed by atoms with Gasteiger partial charge >= 0.3 is 11.9 Å². The van der Waals surface area contributed by atoms with Crippen LogP contribution in [0.4, 0.5) is 0 Å². The van der Waals surface area contributed by atoms with Crippen molar-refractivity contribution < 1.29 is 19.1 Å². The van der Waals surface area contributed by atoms with Crippen LogP contribution in [0.1, 0.15) is 20.3 Å². The van der Waals surface area contributed by atoms with E-state index in [4.69, 9.17) is 0 Å². The fraction of sp³-hybridized carbons (Fsp3) is 0.455. The van der Waals surface area contributed by atoms with Gasteiger partial charge in [0, 0.05) is 12.2 Å². The molecule has 0 bridgehead atoms. The number of carbonyl (C=O) groups excluding carboxylic acids is 2. The van der Waals surface area contributed by atoms with Crippen LogP contribution in [0.2, 0.25) is 0 Å². The molecule has 0 atom stereocenters. The third kappa shape index (κ3) is 15.2. The molecule has 0 aromatic rings. The number of hydrogen-bond acceptors (Lipinski definition) is 4. The van der Waals surface area contributed by atoms with Gasteiger partial charge in [0.2, 0.25) is 0 Å². The molecule has 0 saturated carbocycles. The first-order chi connectivity index (χ1) is 7.12. The quantitative estimate of drug-likeness (QED) is 0.517. The summed E-state index contributed by atoms with van der Waals surface area (Å²) in [5, 5.41) is 0. The number of ether oxygens (including phenoxy) is 2. The van der Waals surface area contributed by atoms with Crippen LogP contribution in [0.25, 0.3) is 0 Å². The summed E-state index contributed by atoms with van der Waals surface area (Å²) in [7, 11) is 0. The van der Waals surface area contributed by atoms with E-state index in [1.54, 1.807) is 6.92 Å². The van der Waals surface area contributed by atoms with E-state index < -0.39 is 0 Å². The van der Waals surface area contributed by atoms with Crippen LogP contribution in [0, 0.1) is 0 Å². The van der Waals surface area contributed by atoms with Gasteiger partial charge in [0.1, 0.15) is 0 Å². The zero-order valence-electron chi connectivity index (χ0n) is 9.32. The van der Waals surface area contributed by atoms with Gasteiger partial charge in [-0.25, -0.2) is 9.59 Å². The van der Waals surface area contributed by atoms with E-state index in [1.807, 2.05) is 6.92 Å². The molecule has 0 aliphatic carbocycles. The Bertz CT molecular complexity index is 209. The SMILES string of the molecule is C=CC(=O)OCC.C=CC(=O)OCCC. The van der Waals surface area contributed by atoms with Crippen molar-refractivity contribution in [3.8, 4) is 0 Å². The summed E-state index contributed by atoms with van der Waals surface area (Å²) in [6.45, 7) is 11.0. The largest absolute Gasteiger partial charge is 0.463 e. The molecule has 0 spiro atoms. The molecule has 0 amide bonds. The maximum atomic E-state index is 10.2. The lowest BCUT2D eigenvalue weighted by atomic mass is 10.5. The number of hydrogen-bond donors (Lipinski definition) is 0. The Labute approximate surface area is 90.6 Å². The van der Waals surface area contributed by atoms with Gasteiger partial charge in [-0.3, -0.25) is 0 Å². The third-order valence-electron chi connectivity index (χ3n) is 1.07. The number of rotatable bonds is 5. The van der Waals surface area contributed by atoms with Crippen molar-refractivity contribution in [1.29, 1.82) is 0 Å². The topological polar surface area (TPSA) is 52.6 Å². The molecule has 0 unspecified atom stereocenters. The van der Waals surface area contributed by atoms with Crippen molar-refractivity contribution in [2.24, 2.45) is 0 Å². The van der Waals surface area contributed by atoms with Gasteiger partial charge in [0.05, 0.1) is 13.2 Å². The normalized spacial score (nSPS) is 7.87. The standard InChI is InChI=1S/C6H10O2.C5H8O2/c1-3-5-8-6(7)4-2;1-3-5(6)7-4-2/h4H,2-3,5H2,1H3;3H,1,4H2,2H3. The summed E-state index contributed by atoms with van der Waals surface area (Å²) in [5.74, 6) is -0.700. The third-order valence-corrected chi connectivity index (χ3v) is 1.07. The van der Waals surface area contributed by atoms with Crippen molar-refractivity contribution >= 4 is 11.9 Å². The van der Waals surface area contributed by atoms with Crippen LogP contribution < -0.4 is 0 Å². The summed E-state index contributed by atoms with van der Waals surface area (Å²) in [6.07, 6.45) is 3.17. The van der Waals surface area contributed by atoms with E-state index in [-0.39, 0.29) is 11.9 Å². The Morgan fingerprint density at radius 3 is 1.80 bits per heavy atom. The average molecular weight is 214 g/mol. The van der Waals surface area contributed by atoms with Gasteiger partial charge in [-0.2, -0.15) is 0 Å². The summed E-state index contributed by atoms with van der Waals surface area (Å²) in [5.41, 5.74) is 0. The lowest BCUT2D eigenvalue weighted by Crippen LogP contribution is -1.99. The molecule has 0 rings (SSSR count). The van der Waals surface area contributed by atoms with Crippen molar-refractivity contribution in [2.75, 3.05) is 13.2 Å². The van der Waals surface area contributed by atoms with Crippen LogP contribution in [0.3, 0.4) is 0 Å². The van der Waals surface area contributed by atoms with Crippen molar-refractivity contribution in [1.82, 2.24) is 0 Å². The van der Waals surface area contributed by atoms with Crippen molar-refractivity contribution in [3.05, 3.63) is 25.3 Å². The molecule has 0 fully saturated rings.